The summed E-state index contributed by atoms with van der Waals surface area (Å²) in [5, 5.41) is 2.81. The van der Waals surface area contributed by atoms with Crippen LogP contribution >= 0.6 is 0 Å². The van der Waals surface area contributed by atoms with Crippen molar-refractivity contribution in [2.24, 2.45) is 0 Å². The highest BCUT2D eigenvalue weighted by atomic mass is 16.5. The Morgan fingerprint density at radius 3 is 2.39 bits per heavy atom. The molecule has 6 nitrogen and oxygen atoms in total. The van der Waals surface area contributed by atoms with E-state index in [4.69, 9.17) is 18.9 Å². The van der Waals surface area contributed by atoms with Crippen molar-refractivity contribution >= 4 is 17.7 Å². The first-order valence-electron chi connectivity index (χ1n) is 9.24. The van der Waals surface area contributed by atoms with Crippen molar-refractivity contribution in [1.82, 2.24) is 0 Å². The van der Waals surface area contributed by atoms with E-state index >= 15 is 0 Å². The number of carbonyl (C=O) groups is 1. The van der Waals surface area contributed by atoms with Gasteiger partial charge >= 0.3 is 0 Å². The Bertz CT molecular complexity index is 817. The van der Waals surface area contributed by atoms with Crippen molar-refractivity contribution in [2.45, 2.75) is 20.8 Å². The molecule has 0 aliphatic rings. The van der Waals surface area contributed by atoms with Crippen molar-refractivity contribution in [1.29, 1.82) is 0 Å². The number of anilines is 1. The van der Waals surface area contributed by atoms with Gasteiger partial charge in [0.2, 0.25) is 0 Å². The molecule has 0 unspecified atom stereocenters. The summed E-state index contributed by atoms with van der Waals surface area (Å²) >= 11 is 0. The van der Waals surface area contributed by atoms with Crippen LogP contribution in [0.5, 0.6) is 23.0 Å². The summed E-state index contributed by atoms with van der Waals surface area (Å²) in [6, 6.07) is 10.8. The quantitative estimate of drug-likeness (QED) is 0.650. The summed E-state index contributed by atoms with van der Waals surface area (Å²) in [7, 11) is 1.56. The van der Waals surface area contributed by atoms with Crippen molar-refractivity contribution in [2.75, 3.05) is 32.2 Å². The lowest BCUT2D eigenvalue weighted by atomic mass is 10.2. The second-order valence-electron chi connectivity index (χ2n) is 5.77. The molecule has 2 rings (SSSR count). The van der Waals surface area contributed by atoms with E-state index in [0.717, 1.165) is 5.56 Å². The third-order valence-corrected chi connectivity index (χ3v) is 3.74. The summed E-state index contributed by atoms with van der Waals surface area (Å²) in [4.78, 5) is 12.4. The number of methoxy groups -OCH3 is 1. The molecule has 2 aromatic carbocycles. The molecule has 0 aromatic heterocycles. The van der Waals surface area contributed by atoms with E-state index in [2.05, 4.69) is 5.32 Å². The van der Waals surface area contributed by atoms with Gasteiger partial charge in [-0.1, -0.05) is 18.2 Å². The van der Waals surface area contributed by atoms with Gasteiger partial charge in [-0.3, -0.25) is 4.79 Å². The first kappa shape index (κ1) is 21.2. The highest BCUT2D eigenvalue weighted by Gasteiger charge is 2.12. The van der Waals surface area contributed by atoms with E-state index in [1.165, 1.54) is 0 Å². The number of allylic oxidation sites excluding steroid dienone is 1. The minimum Gasteiger partial charge on any atom is -0.494 e. The van der Waals surface area contributed by atoms with Crippen molar-refractivity contribution < 1.29 is 23.7 Å². The molecule has 0 saturated carbocycles. The average molecular weight is 385 g/mol. The SMILES string of the molecule is C/C=C/c1ccc(OCC(=O)Nc2cc(OCC)ccc2OCC)c(OC)c1. The monoisotopic (exact) mass is 385 g/mol. The number of nitrogens with one attached hydrogen (secondary N) is 1. The molecule has 0 aliphatic heterocycles. The highest BCUT2D eigenvalue weighted by Crippen LogP contribution is 2.30. The van der Waals surface area contributed by atoms with Crippen LogP contribution in [0.4, 0.5) is 5.69 Å². The number of hydrogen-bond acceptors (Lipinski definition) is 5. The second-order valence-corrected chi connectivity index (χ2v) is 5.77. The molecule has 1 amide bonds. The second kappa shape index (κ2) is 10.9. The van der Waals surface area contributed by atoms with Crippen LogP contribution in [-0.4, -0.2) is 32.8 Å². The molecule has 28 heavy (non-hydrogen) atoms. The van der Waals surface area contributed by atoms with E-state index in [1.807, 2.05) is 45.1 Å². The number of carbonyl (C=O) groups excluding carboxylic acids is 1. The molecule has 1 N–H and O–H groups in total. The first-order valence-corrected chi connectivity index (χ1v) is 9.24. The molecule has 150 valence electrons. The smallest absolute Gasteiger partial charge is 0.262 e. The third kappa shape index (κ3) is 5.94. The normalized spacial score (nSPS) is 10.6. The van der Waals surface area contributed by atoms with Gasteiger partial charge in [-0.05, 0) is 50.6 Å². The maximum Gasteiger partial charge on any atom is 0.262 e. The van der Waals surface area contributed by atoms with E-state index in [1.54, 1.807) is 31.4 Å². The maximum atomic E-state index is 12.4. The Hall–Kier alpha value is -3.15. The predicted molar refractivity (Wildman–Crippen MR) is 111 cm³/mol. The largest absolute Gasteiger partial charge is 0.494 e. The summed E-state index contributed by atoms with van der Waals surface area (Å²) in [6.45, 7) is 6.59. The number of ether oxygens (including phenoxy) is 4. The van der Waals surface area contributed by atoms with Gasteiger partial charge in [0, 0.05) is 6.07 Å². The molecule has 0 saturated heterocycles. The molecule has 0 heterocycles. The fourth-order valence-electron chi connectivity index (χ4n) is 2.57. The fourth-order valence-corrected chi connectivity index (χ4v) is 2.57. The minimum atomic E-state index is -0.311. The number of rotatable bonds is 10. The molecule has 2 aromatic rings. The Labute approximate surface area is 166 Å². The van der Waals surface area contributed by atoms with Crippen LogP contribution in [0, 0.1) is 0 Å². The Balaban J connectivity index is 2.07. The molecular weight excluding hydrogens is 358 g/mol. The van der Waals surface area contributed by atoms with Gasteiger partial charge in [0.25, 0.3) is 5.91 Å². The van der Waals surface area contributed by atoms with Crippen LogP contribution in [0.25, 0.3) is 6.08 Å². The van der Waals surface area contributed by atoms with Crippen LogP contribution in [0.15, 0.2) is 42.5 Å². The molecule has 0 radical (unpaired) electrons. The third-order valence-electron chi connectivity index (χ3n) is 3.74. The zero-order chi connectivity index (χ0) is 20.4. The van der Waals surface area contributed by atoms with E-state index in [0.29, 0.717) is 41.9 Å². The summed E-state index contributed by atoms with van der Waals surface area (Å²) in [5.74, 6) is 1.99. The molecule has 0 atom stereocenters. The molecule has 0 bridgehead atoms. The summed E-state index contributed by atoms with van der Waals surface area (Å²) in [6.07, 6.45) is 3.90. The number of hydrogen-bond donors (Lipinski definition) is 1. The topological polar surface area (TPSA) is 66.0 Å². The predicted octanol–water partition coefficient (Wildman–Crippen LogP) is 4.54. The molecular formula is C22H27NO5. The Morgan fingerprint density at radius 2 is 1.71 bits per heavy atom. The number of benzene rings is 2. The number of amides is 1. The van der Waals surface area contributed by atoms with Crippen LogP contribution in [0.1, 0.15) is 26.3 Å². The Morgan fingerprint density at radius 1 is 0.964 bits per heavy atom. The van der Waals surface area contributed by atoms with Crippen molar-refractivity contribution in [3.63, 3.8) is 0 Å². The van der Waals surface area contributed by atoms with Crippen LogP contribution in [0.2, 0.25) is 0 Å². The van der Waals surface area contributed by atoms with E-state index < -0.39 is 0 Å². The van der Waals surface area contributed by atoms with Gasteiger partial charge in [0.15, 0.2) is 18.1 Å². The average Bonchev–Trinajstić information content (AvgIpc) is 2.69. The fraction of sp³-hybridized carbons (Fsp3) is 0.318. The summed E-state index contributed by atoms with van der Waals surface area (Å²) in [5.41, 5.74) is 1.53. The molecule has 6 heteroatoms. The molecule has 0 fully saturated rings. The van der Waals surface area contributed by atoms with Gasteiger partial charge in [-0.15, -0.1) is 0 Å². The Kier molecular flexibility index (Phi) is 8.21. The van der Waals surface area contributed by atoms with Crippen LogP contribution in [-0.2, 0) is 4.79 Å². The van der Waals surface area contributed by atoms with Crippen molar-refractivity contribution in [3.05, 3.63) is 48.0 Å². The van der Waals surface area contributed by atoms with Gasteiger partial charge in [-0.2, -0.15) is 0 Å². The van der Waals surface area contributed by atoms with Gasteiger partial charge in [0.1, 0.15) is 11.5 Å². The molecule has 0 aliphatic carbocycles. The van der Waals surface area contributed by atoms with Crippen LogP contribution < -0.4 is 24.3 Å². The lowest BCUT2D eigenvalue weighted by Crippen LogP contribution is -2.21. The van der Waals surface area contributed by atoms with Crippen molar-refractivity contribution in [3.8, 4) is 23.0 Å². The lowest BCUT2D eigenvalue weighted by molar-refractivity contribution is -0.118. The molecule has 0 spiro atoms. The highest BCUT2D eigenvalue weighted by molar-refractivity contribution is 5.93. The zero-order valence-electron chi connectivity index (χ0n) is 16.8. The minimum absolute atomic E-state index is 0.163. The van der Waals surface area contributed by atoms with E-state index in [9.17, 15) is 4.79 Å². The lowest BCUT2D eigenvalue weighted by Gasteiger charge is -2.14. The van der Waals surface area contributed by atoms with Gasteiger partial charge < -0.3 is 24.3 Å². The maximum absolute atomic E-state index is 12.4. The first-order chi connectivity index (χ1) is 13.6. The van der Waals surface area contributed by atoms with Gasteiger partial charge in [0.05, 0.1) is 26.0 Å². The van der Waals surface area contributed by atoms with Crippen LogP contribution in [0.3, 0.4) is 0 Å². The summed E-state index contributed by atoms with van der Waals surface area (Å²) < 4.78 is 22.0. The van der Waals surface area contributed by atoms with Gasteiger partial charge in [-0.25, -0.2) is 0 Å². The van der Waals surface area contributed by atoms with E-state index in [-0.39, 0.29) is 12.5 Å². The zero-order valence-corrected chi connectivity index (χ0v) is 16.8. The standard InChI is InChI=1S/C22H27NO5/c1-5-8-16-9-11-20(21(13-16)25-4)28-15-22(24)23-18-14-17(26-6-2)10-12-19(18)27-7-3/h5,8-14H,6-7,15H2,1-4H3,(H,23,24)/b8-5+.